The van der Waals surface area contributed by atoms with Crippen molar-refractivity contribution in [2.45, 2.75) is 19.8 Å². The summed E-state index contributed by atoms with van der Waals surface area (Å²) in [5.41, 5.74) is 1.95. The fraction of sp³-hybridized carbons (Fsp3) is 0.286. The number of anilines is 1. The molecule has 0 saturated carbocycles. The molecule has 5 heteroatoms. The van der Waals surface area contributed by atoms with Gasteiger partial charge in [-0.2, -0.15) is 5.10 Å². The lowest BCUT2D eigenvalue weighted by Crippen LogP contribution is -2.16. The molecule has 0 radical (unpaired) electrons. The number of benzene rings is 1. The van der Waals surface area contributed by atoms with Gasteiger partial charge >= 0.3 is 0 Å². The molecule has 1 amide bonds. The Kier molecular flexibility index (Phi) is 4.37. The average Bonchev–Trinajstić information content (AvgIpc) is 2.70. The summed E-state index contributed by atoms with van der Waals surface area (Å²) in [6.07, 6.45) is 1.21. The molecule has 4 nitrogen and oxygen atoms in total. The van der Waals surface area contributed by atoms with E-state index in [9.17, 15) is 4.79 Å². The number of hydrogen-bond acceptors (Lipinski definition) is 2. The van der Waals surface area contributed by atoms with Crippen LogP contribution in [-0.4, -0.2) is 15.7 Å². The van der Waals surface area contributed by atoms with Crippen molar-refractivity contribution < 1.29 is 4.79 Å². The Balaban J connectivity index is 2.03. The second-order valence-electron chi connectivity index (χ2n) is 4.35. The van der Waals surface area contributed by atoms with Crippen molar-refractivity contribution >= 4 is 27.7 Å². The highest BCUT2D eigenvalue weighted by Gasteiger charge is 2.08. The Hall–Kier alpha value is -1.62. The largest absolute Gasteiger partial charge is 0.311 e. The van der Waals surface area contributed by atoms with Gasteiger partial charge in [-0.25, -0.2) is 0 Å². The lowest BCUT2D eigenvalue weighted by atomic mass is 10.1. The van der Waals surface area contributed by atoms with Gasteiger partial charge in [0, 0.05) is 17.6 Å². The van der Waals surface area contributed by atoms with Crippen LogP contribution in [0.4, 0.5) is 5.82 Å². The number of hydrogen-bond donors (Lipinski definition) is 1. The van der Waals surface area contributed by atoms with Crippen LogP contribution in [0.5, 0.6) is 0 Å². The van der Waals surface area contributed by atoms with Crippen molar-refractivity contribution in [2.75, 3.05) is 5.32 Å². The van der Waals surface area contributed by atoms with Crippen LogP contribution in [0, 0.1) is 0 Å². The third kappa shape index (κ3) is 3.67. The van der Waals surface area contributed by atoms with E-state index in [0.29, 0.717) is 6.42 Å². The third-order valence-corrected chi connectivity index (χ3v) is 3.31. The number of amides is 1. The standard InChI is InChI=1S/C14H16BrN3O/c1-3-12-9-13(18(2)17-12)16-14(19)8-10-5-4-6-11(15)7-10/h4-7,9H,3,8H2,1-2H3,(H,16,19). The van der Waals surface area contributed by atoms with Crippen molar-refractivity contribution in [3.05, 3.63) is 46.1 Å². The molecule has 0 aliphatic heterocycles. The number of nitrogens with zero attached hydrogens (tertiary/aromatic N) is 2. The first-order chi connectivity index (χ1) is 9.08. The first-order valence-corrected chi connectivity index (χ1v) is 6.95. The zero-order valence-electron chi connectivity index (χ0n) is 11.0. The normalized spacial score (nSPS) is 10.5. The summed E-state index contributed by atoms with van der Waals surface area (Å²) in [7, 11) is 1.83. The predicted molar refractivity (Wildman–Crippen MR) is 79.1 cm³/mol. The van der Waals surface area contributed by atoms with E-state index in [-0.39, 0.29) is 5.91 Å². The van der Waals surface area contributed by atoms with Gasteiger partial charge in [0.1, 0.15) is 5.82 Å². The summed E-state index contributed by atoms with van der Waals surface area (Å²) in [6.45, 7) is 2.04. The number of rotatable bonds is 4. The van der Waals surface area contributed by atoms with E-state index in [2.05, 4.69) is 26.3 Å². The van der Waals surface area contributed by atoms with E-state index >= 15 is 0 Å². The topological polar surface area (TPSA) is 46.9 Å². The molecule has 19 heavy (non-hydrogen) atoms. The monoisotopic (exact) mass is 321 g/mol. The number of halogens is 1. The van der Waals surface area contributed by atoms with E-state index in [4.69, 9.17) is 0 Å². The number of aryl methyl sites for hydroxylation is 2. The van der Waals surface area contributed by atoms with Gasteiger partial charge in [0.2, 0.25) is 5.91 Å². The molecular formula is C14H16BrN3O. The predicted octanol–water partition coefficient (Wildman–Crippen LogP) is 2.93. The Labute approximate surface area is 120 Å². The SMILES string of the molecule is CCc1cc(NC(=O)Cc2cccc(Br)c2)n(C)n1. The molecule has 2 aromatic rings. The molecule has 1 aromatic heterocycles. The van der Waals surface area contributed by atoms with Crippen LogP contribution in [0.15, 0.2) is 34.8 Å². The molecule has 0 saturated heterocycles. The highest BCUT2D eigenvalue weighted by atomic mass is 79.9. The van der Waals surface area contributed by atoms with Gasteiger partial charge in [-0.15, -0.1) is 0 Å². The summed E-state index contributed by atoms with van der Waals surface area (Å²) in [4.78, 5) is 12.0. The minimum absolute atomic E-state index is 0.0382. The van der Waals surface area contributed by atoms with Gasteiger partial charge in [0.05, 0.1) is 12.1 Å². The smallest absolute Gasteiger partial charge is 0.229 e. The van der Waals surface area contributed by atoms with E-state index in [0.717, 1.165) is 28.0 Å². The number of carbonyl (C=O) groups is 1. The van der Waals surface area contributed by atoms with Gasteiger partial charge in [0.25, 0.3) is 0 Å². The van der Waals surface area contributed by atoms with Gasteiger partial charge < -0.3 is 5.32 Å². The van der Waals surface area contributed by atoms with Gasteiger partial charge in [0.15, 0.2) is 0 Å². The van der Waals surface area contributed by atoms with Crippen LogP contribution in [0.25, 0.3) is 0 Å². The Morgan fingerprint density at radius 3 is 2.84 bits per heavy atom. The molecule has 1 N–H and O–H groups in total. The van der Waals surface area contributed by atoms with Gasteiger partial charge in [-0.3, -0.25) is 9.48 Å². The Morgan fingerprint density at radius 2 is 2.21 bits per heavy atom. The fourth-order valence-electron chi connectivity index (χ4n) is 1.84. The molecule has 100 valence electrons. The second-order valence-corrected chi connectivity index (χ2v) is 5.27. The van der Waals surface area contributed by atoms with Crippen LogP contribution < -0.4 is 5.32 Å². The van der Waals surface area contributed by atoms with Crippen molar-refractivity contribution in [1.29, 1.82) is 0 Å². The highest BCUT2D eigenvalue weighted by Crippen LogP contribution is 2.14. The first kappa shape index (κ1) is 13.8. The zero-order valence-corrected chi connectivity index (χ0v) is 12.6. The molecule has 1 heterocycles. The summed E-state index contributed by atoms with van der Waals surface area (Å²) in [6, 6.07) is 9.65. The van der Waals surface area contributed by atoms with E-state index in [1.807, 2.05) is 44.3 Å². The van der Waals surface area contributed by atoms with Crippen LogP contribution in [0.2, 0.25) is 0 Å². The lowest BCUT2D eigenvalue weighted by Gasteiger charge is -2.05. The van der Waals surface area contributed by atoms with Crippen molar-refractivity contribution in [3.8, 4) is 0 Å². The number of aromatic nitrogens is 2. The summed E-state index contributed by atoms with van der Waals surface area (Å²) in [5.74, 6) is 0.695. The molecule has 0 aliphatic carbocycles. The van der Waals surface area contributed by atoms with Gasteiger partial charge in [-0.05, 0) is 24.1 Å². The Morgan fingerprint density at radius 1 is 1.42 bits per heavy atom. The molecule has 0 spiro atoms. The fourth-order valence-corrected chi connectivity index (χ4v) is 2.28. The molecule has 0 atom stereocenters. The van der Waals surface area contributed by atoms with Crippen LogP contribution in [0.1, 0.15) is 18.2 Å². The summed E-state index contributed by atoms with van der Waals surface area (Å²) < 4.78 is 2.67. The van der Waals surface area contributed by atoms with Gasteiger partial charge in [-0.1, -0.05) is 35.0 Å². The van der Waals surface area contributed by atoms with Crippen molar-refractivity contribution in [3.63, 3.8) is 0 Å². The first-order valence-electron chi connectivity index (χ1n) is 6.15. The molecular weight excluding hydrogens is 306 g/mol. The van der Waals surface area contributed by atoms with Crippen LogP contribution in [0.3, 0.4) is 0 Å². The quantitative estimate of drug-likeness (QED) is 0.941. The number of carbonyl (C=O) groups excluding carboxylic acids is 1. The Bertz CT molecular complexity index is 592. The molecule has 0 bridgehead atoms. The molecule has 0 fully saturated rings. The maximum atomic E-state index is 12.0. The third-order valence-electron chi connectivity index (χ3n) is 2.81. The number of nitrogens with one attached hydrogen (secondary N) is 1. The van der Waals surface area contributed by atoms with Crippen LogP contribution in [-0.2, 0) is 24.7 Å². The average molecular weight is 322 g/mol. The molecule has 0 aliphatic rings. The van der Waals surface area contributed by atoms with Crippen molar-refractivity contribution in [1.82, 2.24) is 9.78 Å². The minimum Gasteiger partial charge on any atom is -0.311 e. The van der Waals surface area contributed by atoms with E-state index in [1.54, 1.807) is 4.68 Å². The molecule has 0 unspecified atom stereocenters. The van der Waals surface area contributed by atoms with Crippen molar-refractivity contribution in [2.24, 2.45) is 7.05 Å². The summed E-state index contributed by atoms with van der Waals surface area (Å²) in [5, 5.41) is 7.18. The highest BCUT2D eigenvalue weighted by molar-refractivity contribution is 9.10. The van der Waals surface area contributed by atoms with Crippen LogP contribution >= 0.6 is 15.9 Å². The second kappa shape index (κ2) is 6.02. The molecule has 2 rings (SSSR count). The summed E-state index contributed by atoms with van der Waals surface area (Å²) >= 11 is 3.40. The maximum Gasteiger partial charge on any atom is 0.229 e. The minimum atomic E-state index is -0.0382. The lowest BCUT2D eigenvalue weighted by molar-refractivity contribution is -0.115. The maximum absolute atomic E-state index is 12.0. The molecule has 1 aromatic carbocycles. The van der Waals surface area contributed by atoms with E-state index in [1.165, 1.54) is 0 Å². The zero-order chi connectivity index (χ0) is 13.8. The van der Waals surface area contributed by atoms with E-state index < -0.39 is 0 Å².